The Morgan fingerprint density at radius 2 is 0.493 bits per heavy atom. The molecule has 0 saturated heterocycles. The minimum absolute atomic E-state index is 1.16. The Labute approximate surface area is 777 Å². The van der Waals surface area contributed by atoms with Crippen molar-refractivity contribution in [2.45, 2.75) is 0 Å². The molecular formula is C128H74N4S2. The summed E-state index contributed by atoms with van der Waals surface area (Å²) >= 11 is 3.79. The molecule has 618 valence electrons. The summed E-state index contributed by atoms with van der Waals surface area (Å²) in [7, 11) is 0. The molecule has 0 spiro atoms. The van der Waals surface area contributed by atoms with E-state index in [2.05, 4.69) is 467 Å². The van der Waals surface area contributed by atoms with Crippen molar-refractivity contribution in [3.05, 3.63) is 449 Å². The van der Waals surface area contributed by atoms with Crippen molar-refractivity contribution in [3.63, 3.8) is 0 Å². The van der Waals surface area contributed by atoms with Crippen LogP contribution in [0.15, 0.2) is 449 Å². The molecule has 3 aliphatic rings. The zero-order chi connectivity index (χ0) is 87.2. The maximum absolute atomic E-state index is 2.53. The van der Waals surface area contributed by atoms with Crippen molar-refractivity contribution in [2.24, 2.45) is 0 Å². The lowest BCUT2D eigenvalue weighted by molar-refractivity contribution is 1.18. The van der Waals surface area contributed by atoms with Crippen LogP contribution >= 0.6 is 22.7 Å². The first-order valence-corrected chi connectivity index (χ1v) is 47.9. The van der Waals surface area contributed by atoms with Crippen LogP contribution in [-0.2, 0) is 0 Å². The van der Waals surface area contributed by atoms with Crippen molar-refractivity contribution in [1.82, 2.24) is 18.3 Å². The minimum Gasteiger partial charge on any atom is -0.309 e. The van der Waals surface area contributed by atoms with E-state index in [1.54, 1.807) is 0 Å². The lowest BCUT2D eigenvalue weighted by Crippen LogP contribution is -1.96. The molecule has 23 aromatic carbocycles. The zero-order valence-corrected chi connectivity index (χ0v) is 74.0. The molecule has 0 unspecified atom stereocenters. The van der Waals surface area contributed by atoms with E-state index >= 15 is 0 Å². The normalized spacial score (nSPS) is 12.3. The van der Waals surface area contributed by atoms with E-state index < -0.39 is 0 Å². The molecule has 0 saturated carbocycles. The largest absolute Gasteiger partial charge is 0.309 e. The lowest BCUT2D eigenvalue weighted by Gasteiger charge is -2.18. The SMILES string of the molecule is c1ccc(-c2cccc(-n3c4cccc5c4c4c6c(cccc6ccc43)-c3cc4c(cc3-5)sc3ccccc34)c2)cc1.c1ccc(-n2c3cccc4c3c3c5c(cccc5ccc32)-c2cc3c(cc2-4)sc2ccccc23)cc1.c1ccc2c(c1)-c1cc3ccccc3c3c4ccccc4c4c(c13)c1c-2cccc1n4-c1ccc(-c2ccc(-n3c4ccccc4c4ccccc43)cc2)cc1. The van der Waals surface area contributed by atoms with Crippen LogP contribution in [-0.4, -0.2) is 18.3 Å². The Morgan fingerprint density at radius 1 is 0.134 bits per heavy atom. The topological polar surface area (TPSA) is 19.7 Å². The molecule has 134 heavy (non-hydrogen) atoms. The van der Waals surface area contributed by atoms with E-state index in [-0.39, 0.29) is 0 Å². The molecule has 6 heterocycles. The average Bonchev–Trinajstić information content (AvgIpc) is 1.52. The maximum atomic E-state index is 2.53. The number of aromatic nitrogens is 4. The number of para-hydroxylation sites is 3. The fourth-order valence-electron chi connectivity index (χ4n) is 23.9. The van der Waals surface area contributed by atoms with Crippen molar-refractivity contribution in [2.75, 3.05) is 0 Å². The van der Waals surface area contributed by atoms with Gasteiger partial charge in [0.2, 0.25) is 0 Å². The van der Waals surface area contributed by atoms with Crippen molar-refractivity contribution in [3.8, 4) is 112 Å². The average molecular weight is 1730 g/mol. The maximum Gasteiger partial charge on any atom is 0.0626 e. The van der Waals surface area contributed by atoms with Gasteiger partial charge < -0.3 is 18.3 Å². The smallest absolute Gasteiger partial charge is 0.0626 e. The molecule has 32 rings (SSSR count). The second-order valence-corrected chi connectivity index (χ2v) is 38.4. The molecule has 6 aromatic heterocycles. The minimum atomic E-state index is 1.16. The number of hydrogen-bond acceptors (Lipinski definition) is 2. The van der Waals surface area contributed by atoms with Crippen LogP contribution in [0.3, 0.4) is 0 Å². The first kappa shape index (κ1) is 73.9. The Balaban J connectivity index is 0.0000000986. The van der Waals surface area contributed by atoms with Gasteiger partial charge in [-0.15, -0.1) is 22.7 Å². The quantitative estimate of drug-likeness (QED) is 0.148. The summed E-state index contributed by atoms with van der Waals surface area (Å²) in [6.45, 7) is 0. The molecule has 4 nitrogen and oxygen atoms in total. The third-order valence-corrected chi connectivity index (χ3v) is 31.7. The lowest BCUT2D eigenvalue weighted by atomic mass is 9.88. The van der Waals surface area contributed by atoms with Crippen molar-refractivity contribution in [1.29, 1.82) is 0 Å². The van der Waals surface area contributed by atoms with Crippen LogP contribution in [0.25, 0.3) is 293 Å². The summed E-state index contributed by atoms with van der Waals surface area (Å²) in [5.41, 5.74) is 35.3. The number of hydrogen-bond donors (Lipinski definition) is 0. The van der Waals surface area contributed by atoms with E-state index in [1.165, 1.54) is 282 Å². The van der Waals surface area contributed by atoms with Gasteiger partial charge in [-0.1, -0.05) is 315 Å². The van der Waals surface area contributed by atoms with E-state index in [1.807, 2.05) is 22.7 Å². The molecule has 0 radical (unpaired) electrons. The fraction of sp³-hybridized carbons (Fsp3) is 0. The summed E-state index contributed by atoms with van der Waals surface area (Å²) in [4.78, 5) is 0. The van der Waals surface area contributed by atoms with Gasteiger partial charge in [-0.2, -0.15) is 0 Å². The van der Waals surface area contributed by atoms with Crippen LogP contribution in [0.4, 0.5) is 0 Å². The summed E-state index contributed by atoms with van der Waals surface area (Å²) in [6.07, 6.45) is 0. The van der Waals surface area contributed by atoms with Crippen LogP contribution in [0.5, 0.6) is 0 Å². The third-order valence-electron chi connectivity index (χ3n) is 29.4. The number of fused-ring (bicyclic) bond motifs is 23. The van der Waals surface area contributed by atoms with E-state index in [0.717, 1.165) is 11.4 Å². The molecule has 3 aliphatic carbocycles. The molecule has 0 N–H and O–H groups in total. The first-order valence-electron chi connectivity index (χ1n) is 46.3. The summed E-state index contributed by atoms with van der Waals surface area (Å²) in [5.74, 6) is 0. The highest BCUT2D eigenvalue weighted by atomic mass is 32.1. The fourth-order valence-corrected chi connectivity index (χ4v) is 26.1. The van der Waals surface area contributed by atoms with E-state index in [0.29, 0.717) is 0 Å². The predicted molar refractivity (Wildman–Crippen MR) is 574 cm³/mol. The molecule has 0 atom stereocenters. The molecule has 0 amide bonds. The molecular weight excluding hydrogens is 1660 g/mol. The zero-order valence-electron chi connectivity index (χ0n) is 72.3. The molecule has 29 aromatic rings. The highest BCUT2D eigenvalue weighted by Gasteiger charge is 2.32. The van der Waals surface area contributed by atoms with Gasteiger partial charge >= 0.3 is 0 Å². The van der Waals surface area contributed by atoms with Crippen molar-refractivity contribution >= 4 is 204 Å². The van der Waals surface area contributed by atoms with Gasteiger partial charge in [-0.3, -0.25) is 0 Å². The van der Waals surface area contributed by atoms with Gasteiger partial charge in [0.25, 0.3) is 0 Å². The second-order valence-electron chi connectivity index (χ2n) is 36.2. The highest BCUT2D eigenvalue weighted by Crippen LogP contribution is 2.58. The standard InChI is InChI=1S/C54H32N2.C40H23NS.C34H19NS/c1-2-13-38-35(12-1)32-46-40-15-4-3-14-39(40)43-20-11-23-49-51(43)53-52(46)50(38)44-18-5-6-19-45(44)54(53)56(49)37-30-26-34(27-31-37)33-24-28-36(29-25-33)55-47-21-9-7-16-41(47)42-17-8-10-22-48(42)55;1-2-9-24(10-3-1)26-12-6-13-27(21-26)41-34-17-8-16-30-32-23-37-33(28-14-4-5-18-36(28)42-37)22-31(32)29-15-7-11-25-19-20-35(41)40(38(25)29)39(30)34;1-2-9-21(10-3-1)35-28-14-7-13-24-26-19-31-27(22-11-4-5-15-30(22)36-31)18-25(26)23-12-6-8-20-16-17-29(35)34(32(20)23)33(24)28/h1-32H;1-23H;1-19H. The Hall–Kier alpha value is -17.0. The monoisotopic (exact) mass is 1730 g/mol. The molecule has 0 bridgehead atoms. The van der Waals surface area contributed by atoms with Crippen LogP contribution in [0.2, 0.25) is 0 Å². The van der Waals surface area contributed by atoms with Crippen LogP contribution < -0.4 is 0 Å². The van der Waals surface area contributed by atoms with Gasteiger partial charge in [0.15, 0.2) is 0 Å². The number of nitrogens with zero attached hydrogens (tertiary/aromatic N) is 4. The Kier molecular flexibility index (Phi) is 15.6. The van der Waals surface area contributed by atoms with Crippen LogP contribution in [0, 0.1) is 0 Å². The van der Waals surface area contributed by atoms with Gasteiger partial charge in [-0.05, 0) is 266 Å². The first-order chi connectivity index (χ1) is 66.5. The second kappa shape index (κ2) is 28.3. The highest BCUT2D eigenvalue weighted by molar-refractivity contribution is 7.26. The molecule has 0 fully saturated rings. The summed E-state index contributed by atoms with van der Waals surface area (Å²) in [6, 6.07) is 166. The third kappa shape index (κ3) is 10.5. The Bertz CT molecular complexity index is 10100. The van der Waals surface area contributed by atoms with Gasteiger partial charge in [0.1, 0.15) is 0 Å². The summed E-state index contributed by atoms with van der Waals surface area (Å²) in [5, 5.41) is 29.1. The summed E-state index contributed by atoms with van der Waals surface area (Å²) < 4.78 is 15.2. The van der Waals surface area contributed by atoms with Crippen LogP contribution in [0.1, 0.15) is 0 Å². The van der Waals surface area contributed by atoms with Gasteiger partial charge in [-0.25, -0.2) is 0 Å². The van der Waals surface area contributed by atoms with Gasteiger partial charge in [0, 0.05) is 117 Å². The van der Waals surface area contributed by atoms with E-state index in [9.17, 15) is 0 Å². The Morgan fingerprint density at radius 3 is 1.07 bits per heavy atom. The number of thiophene rings is 2. The molecule has 6 heteroatoms. The van der Waals surface area contributed by atoms with Crippen molar-refractivity contribution < 1.29 is 0 Å². The number of benzene rings is 23. The van der Waals surface area contributed by atoms with Gasteiger partial charge in [0.05, 0.1) is 44.1 Å². The predicted octanol–water partition coefficient (Wildman–Crippen LogP) is 36.2. The number of rotatable bonds is 6. The van der Waals surface area contributed by atoms with E-state index in [4.69, 9.17) is 0 Å². The molecule has 0 aliphatic heterocycles.